The Labute approximate surface area is 304 Å². The summed E-state index contributed by atoms with van der Waals surface area (Å²) in [4.78, 5) is 56.5. The minimum absolute atomic E-state index is 0.0644. The van der Waals surface area contributed by atoms with E-state index in [4.69, 9.17) is 33.4 Å². The number of carbonyl (C=O) groups excluding carboxylic acids is 4. The van der Waals surface area contributed by atoms with Crippen LogP contribution in [0.2, 0.25) is 0 Å². The molecule has 0 aliphatic carbocycles. The van der Waals surface area contributed by atoms with E-state index in [2.05, 4.69) is 6.92 Å². The van der Waals surface area contributed by atoms with Crippen molar-refractivity contribution in [2.45, 2.75) is 96.3 Å². The molecule has 0 aromatic heterocycles. The largest absolute Gasteiger partial charge is 0.463 e. The zero-order valence-corrected chi connectivity index (χ0v) is 31.0. The summed E-state index contributed by atoms with van der Waals surface area (Å²) in [6.45, 7) is 10.3. The number of rotatable bonds is 15. The van der Waals surface area contributed by atoms with E-state index in [0.717, 1.165) is 41.3 Å². The molecule has 0 fully saturated rings. The fraction of sp³-hybridized carbons (Fsp3) is 0.475. The van der Waals surface area contributed by atoms with Gasteiger partial charge in [-0.3, -0.25) is 24.2 Å². The summed E-state index contributed by atoms with van der Waals surface area (Å²) in [5, 5.41) is 1.60. The number of likely N-dealkylation sites (N-methyl/N-ethyl adjacent to an activating group) is 1. The topological polar surface area (TPSA) is 139 Å². The average molecular weight is 717 g/mol. The minimum Gasteiger partial charge on any atom is -0.463 e. The molecule has 278 valence electrons. The Morgan fingerprint density at radius 2 is 1.48 bits per heavy atom. The maximum atomic E-state index is 12.8. The van der Waals surface area contributed by atoms with E-state index in [1.54, 1.807) is 24.4 Å². The second-order valence-corrected chi connectivity index (χ2v) is 14.2. The van der Waals surface area contributed by atoms with E-state index in [0.29, 0.717) is 22.9 Å². The summed E-state index contributed by atoms with van der Waals surface area (Å²) in [5.41, 5.74) is 0.107. The Kier molecular flexibility index (Phi) is 11.6. The van der Waals surface area contributed by atoms with Crippen molar-refractivity contribution >= 4 is 52.2 Å². The molecule has 12 heteroatoms. The second kappa shape index (κ2) is 15.7. The highest BCUT2D eigenvalue weighted by molar-refractivity contribution is 6.00. The molecule has 0 radical (unpaired) electrons. The Morgan fingerprint density at radius 3 is 2.17 bits per heavy atom. The number of methoxy groups -OCH3 is 1. The van der Waals surface area contributed by atoms with Gasteiger partial charge in [0, 0.05) is 25.2 Å². The van der Waals surface area contributed by atoms with E-state index in [-0.39, 0.29) is 38.9 Å². The lowest BCUT2D eigenvalue weighted by molar-refractivity contribution is -0.158. The van der Waals surface area contributed by atoms with Gasteiger partial charge in [-0.25, -0.2) is 0 Å². The molecule has 1 spiro atoms. The fourth-order valence-corrected chi connectivity index (χ4v) is 6.59. The second-order valence-electron chi connectivity index (χ2n) is 14.2. The van der Waals surface area contributed by atoms with Crippen LogP contribution in [0.25, 0.3) is 10.8 Å². The predicted octanol–water partition coefficient (Wildman–Crippen LogP) is 7.13. The number of hydrogen-bond donors (Lipinski definition) is 0. The average Bonchev–Trinajstić information content (AvgIpc) is 3.25. The monoisotopic (exact) mass is 716 g/mol. The van der Waals surface area contributed by atoms with Gasteiger partial charge < -0.3 is 33.3 Å². The van der Waals surface area contributed by atoms with Crippen LogP contribution in [0.5, 0.6) is 17.2 Å². The molecule has 2 aliphatic heterocycles. The molecule has 12 nitrogen and oxygen atoms in total. The molecule has 0 bridgehead atoms. The maximum Gasteiger partial charge on any atom is 0.311 e. The first kappa shape index (κ1) is 38.3. The number of fused-ring (bicyclic) bond motifs is 4. The van der Waals surface area contributed by atoms with Crippen molar-refractivity contribution in [3.8, 4) is 17.2 Å². The Bertz CT molecular complexity index is 1870. The van der Waals surface area contributed by atoms with Gasteiger partial charge in [0.25, 0.3) is 0 Å². The molecule has 0 amide bonds. The lowest BCUT2D eigenvalue weighted by Gasteiger charge is -2.45. The molecule has 2 aliphatic rings. The Balaban J connectivity index is 1.27. The highest BCUT2D eigenvalue weighted by Gasteiger charge is 2.58. The lowest BCUT2D eigenvalue weighted by atomic mass is 9.77. The fourth-order valence-electron chi connectivity index (χ4n) is 6.59. The molecule has 5 rings (SSSR count). The number of unbranched alkanes of at least 4 members (excludes halogenated alkanes) is 1. The van der Waals surface area contributed by atoms with Crippen molar-refractivity contribution < 1.29 is 47.6 Å². The van der Waals surface area contributed by atoms with Crippen LogP contribution in [0.4, 0.5) is 11.4 Å². The first-order valence-electron chi connectivity index (χ1n) is 17.7. The highest BCUT2D eigenvalue weighted by Crippen LogP contribution is 2.55. The first-order valence-corrected chi connectivity index (χ1v) is 17.7. The molecule has 0 saturated heterocycles. The van der Waals surface area contributed by atoms with Crippen LogP contribution in [0.3, 0.4) is 0 Å². The quantitative estimate of drug-likeness (QED) is 0.0902. The van der Waals surface area contributed by atoms with Crippen LogP contribution < -0.4 is 19.1 Å². The number of benzene rings is 3. The van der Waals surface area contributed by atoms with Crippen molar-refractivity contribution in [3.63, 3.8) is 0 Å². The zero-order chi connectivity index (χ0) is 37.7. The summed E-state index contributed by atoms with van der Waals surface area (Å²) in [6, 6.07) is 14.5. The molecule has 1 atom stereocenters. The molecule has 0 saturated carbocycles. The lowest BCUT2D eigenvalue weighted by Crippen LogP contribution is -2.61. The third-order valence-electron chi connectivity index (χ3n) is 9.56. The van der Waals surface area contributed by atoms with Crippen molar-refractivity contribution in [1.82, 2.24) is 0 Å². The molecule has 0 N–H and O–H groups in total. The van der Waals surface area contributed by atoms with Gasteiger partial charge in [-0.1, -0.05) is 25.5 Å². The normalized spacial score (nSPS) is 16.9. The third-order valence-corrected chi connectivity index (χ3v) is 9.56. The number of aliphatic imine (C=N–C) groups is 1. The van der Waals surface area contributed by atoms with Gasteiger partial charge in [0.1, 0.15) is 35.1 Å². The SMILES string of the molecule is CCCCC(C)(C)OC(=O)CCC(=O)Oc1ccc2c(c1)C(C)(C)C1(C=Nc3c(ccc4ccc(OC(=O)CCC(=O)OCCOC)cc34)O1)N2C. The van der Waals surface area contributed by atoms with Crippen LogP contribution in [-0.2, 0) is 38.8 Å². The first-order chi connectivity index (χ1) is 24.7. The highest BCUT2D eigenvalue weighted by atomic mass is 16.6. The molecule has 3 aromatic rings. The molecule has 3 aromatic carbocycles. The van der Waals surface area contributed by atoms with E-state index in [9.17, 15) is 19.2 Å². The Morgan fingerprint density at radius 1 is 0.846 bits per heavy atom. The summed E-state index contributed by atoms with van der Waals surface area (Å²) in [6.07, 6.45) is 4.10. The van der Waals surface area contributed by atoms with E-state index < -0.39 is 40.6 Å². The summed E-state index contributed by atoms with van der Waals surface area (Å²) in [5.74, 6) is -0.794. The van der Waals surface area contributed by atoms with Crippen molar-refractivity contribution in [2.24, 2.45) is 4.99 Å². The van der Waals surface area contributed by atoms with Gasteiger partial charge in [-0.15, -0.1) is 0 Å². The zero-order valence-electron chi connectivity index (χ0n) is 31.0. The van der Waals surface area contributed by atoms with Crippen LogP contribution in [0.15, 0.2) is 53.5 Å². The minimum atomic E-state index is -1.02. The van der Waals surface area contributed by atoms with Crippen LogP contribution in [0.1, 0.15) is 85.1 Å². The molecule has 52 heavy (non-hydrogen) atoms. The van der Waals surface area contributed by atoms with Gasteiger partial charge in [0.2, 0.25) is 5.72 Å². The smallest absolute Gasteiger partial charge is 0.311 e. The van der Waals surface area contributed by atoms with Crippen LogP contribution >= 0.6 is 0 Å². The maximum absolute atomic E-state index is 12.8. The predicted molar refractivity (Wildman–Crippen MR) is 196 cm³/mol. The Hall–Kier alpha value is -4.97. The van der Waals surface area contributed by atoms with Gasteiger partial charge in [-0.2, -0.15) is 0 Å². The van der Waals surface area contributed by atoms with Gasteiger partial charge in [0.15, 0.2) is 0 Å². The van der Waals surface area contributed by atoms with E-state index >= 15 is 0 Å². The van der Waals surface area contributed by atoms with Crippen LogP contribution in [0, 0.1) is 0 Å². The van der Waals surface area contributed by atoms with E-state index in [1.807, 2.05) is 70.0 Å². The third kappa shape index (κ3) is 8.22. The van der Waals surface area contributed by atoms with Crippen LogP contribution in [-0.4, -0.2) is 68.8 Å². The van der Waals surface area contributed by atoms with Gasteiger partial charge in [-0.05, 0) is 87.9 Å². The standard InChI is InChI=1S/C40H48N2O10/c1-8-9-20-38(2,3)52-36(46)19-18-35(45)50-28-13-14-31-30(24-28)39(4,5)40(42(31)6)25-41-37-29-23-27(12-10-26(29)11-15-32(37)51-40)49-34(44)17-16-33(43)48-22-21-47-7/h10-15,23-25H,8-9,16-22H2,1-7H3. The van der Waals surface area contributed by atoms with Crippen molar-refractivity contribution in [3.05, 3.63) is 54.1 Å². The summed E-state index contributed by atoms with van der Waals surface area (Å²) in [7, 11) is 3.43. The summed E-state index contributed by atoms with van der Waals surface area (Å²) < 4.78 is 33.5. The number of nitrogens with zero attached hydrogens (tertiary/aromatic N) is 2. The van der Waals surface area contributed by atoms with Crippen molar-refractivity contribution in [2.75, 3.05) is 32.3 Å². The number of anilines is 1. The summed E-state index contributed by atoms with van der Waals surface area (Å²) >= 11 is 0. The molecular formula is C40H48N2O10. The molecular weight excluding hydrogens is 668 g/mol. The van der Waals surface area contributed by atoms with Gasteiger partial charge in [0.05, 0.1) is 43.9 Å². The van der Waals surface area contributed by atoms with Gasteiger partial charge >= 0.3 is 23.9 Å². The molecule has 1 unspecified atom stereocenters. The number of hydrogen-bond acceptors (Lipinski definition) is 12. The number of carbonyl (C=O) groups is 4. The number of ether oxygens (including phenoxy) is 6. The van der Waals surface area contributed by atoms with E-state index in [1.165, 1.54) is 7.11 Å². The number of esters is 4. The molecule has 2 heterocycles. The van der Waals surface area contributed by atoms with Crippen molar-refractivity contribution in [1.29, 1.82) is 0 Å².